The van der Waals surface area contributed by atoms with Gasteiger partial charge in [-0.15, -0.1) is 11.3 Å². The number of carbonyl (C=O) groups excluding carboxylic acids is 1. The normalized spacial score (nSPS) is 12.9. The summed E-state index contributed by atoms with van der Waals surface area (Å²) in [6.45, 7) is 1.58. The van der Waals surface area contributed by atoms with E-state index in [1.807, 2.05) is 30.3 Å². The molecule has 3 aromatic rings. The molecule has 0 atom stereocenters. The largest absolute Gasteiger partial charge is 0.486 e. The van der Waals surface area contributed by atoms with E-state index in [4.69, 9.17) is 21.1 Å². The Hall–Kier alpha value is -2.31. The number of hydrogen-bond donors (Lipinski definition) is 1. The second-order valence-corrected chi connectivity index (χ2v) is 7.80. The van der Waals surface area contributed by atoms with E-state index in [0.29, 0.717) is 55.5 Å². The average molecular weight is 403 g/mol. The maximum atomic E-state index is 12.1. The van der Waals surface area contributed by atoms with Crippen molar-refractivity contribution < 1.29 is 14.3 Å². The van der Waals surface area contributed by atoms with Gasteiger partial charge in [0.25, 0.3) is 0 Å². The fourth-order valence-corrected chi connectivity index (χ4v) is 4.25. The Morgan fingerprint density at radius 2 is 2.04 bits per heavy atom. The smallest absolute Gasteiger partial charge is 0.220 e. The van der Waals surface area contributed by atoms with Crippen LogP contribution in [-0.2, 0) is 17.6 Å². The number of benzene rings is 2. The summed E-state index contributed by atoms with van der Waals surface area (Å²) in [4.78, 5) is 16.7. The Morgan fingerprint density at radius 3 is 2.93 bits per heavy atom. The van der Waals surface area contributed by atoms with E-state index < -0.39 is 0 Å². The van der Waals surface area contributed by atoms with Crippen molar-refractivity contribution in [3.63, 3.8) is 0 Å². The minimum atomic E-state index is 0.0258. The maximum Gasteiger partial charge on any atom is 0.220 e. The summed E-state index contributed by atoms with van der Waals surface area (Å²) in [5.74, 6) is 1.30. The fourth-order valence-electron chi connectivity index (χ4n) is 2.99. The zero-order valence-corrected chi connectivity index (χ0v) is 16.2. The van der Waals surface area contributed by atoms with Crippen LogP contribution in [0.5, 0.6) is 11.5 Å². The molecule has 0 radical (unpaired) electrons. The third-order valence-electron chi connectivity index (χ3n) is 4.30. The quantitative estimate of drug-likeness (QED) is 0.676. The zero-order valence-electron chi connectivity index (χ0n) is 14.7. The van der Waals surface area contributed by atoms with Crippen molar-refractivity contribution in [1.29, 1.82) is 0 Å². The molecule has 0 saturated carbocycles. The number of fused-ring (bicyclic) bond motifs is 2. The molecule has 4 rings (SSSR count). The first-order valence-electron chi connectivity index (χ1n) is 8.88. The summed E-state index contributed by atoms with van der Waals surface area (Å²) < 4.78 is 12.3. The number of aromatic nitrogens is 1. The van der Waals surface area contributed by atoms with Crippen LogP contribution in [0.3, 0.4) is 0 Å². The Labute approximate surface area is 166 Å². The maximum absolute atomic E-state index is 12.1. The lowest BCUT2D eigenvalue weighted by Gasteiger charge is -2.20. The minimum absolute atomic E-state index is 0.0258. The van der Waals surface area contributed by atoms with Crippen molar-refractivity contribution in [2.75, 3.05) is 19.8 Å². The Kier molecular flexibility index (Phi) is 5.45. The third kappa shape index (κ3) is 4.34. The SMILES string of the molecule is O=C(CCc1nc2ccccc2s1)NCCc1cc(Cl)c2c(c1)OCCO2. The Bertz CT molecular complexity index is 940. The first-order valence-corrected chi connectivity index (χ1v) is 10.1. The molecule has 1 N–H and O–H groups in total. The highest BCUT2D eigenvalue weighted by Gasteiger charge is 2.16. The van der Waals surface area contributed by atoms with Crippen LogP contribution in [0, 0.1) is 0 Å². The highest BCUT2D eigenvalue weighted by atomic mass is 35.5. The van der Waals surface area contributed by atoms with Crippen LogP contribution in [-0.4, -0.2) is 30.6 Å². The molecule has 7 heteroatoms. The number of nitrogens with one attached hydrogen (secondary N) is 1. The number of thiazole rings is 1. The Balaban J connectivity index is 1.26. The molecule has 5 nitrogen and oxygen atoms in total. The summed E-state index contributed by atoms with van der Waals surface area (Å²) in [7, 11) is 0. The lowest BCUT2D eigenvalue weighted by atomic mass is 10.1. The van der Waals surface area contributed by atoms with E-state index >= 15 is 0 Å². The van der Waals surface area contributed by atoms with Gasteiger partial charge in [0.2, 0.25) is 5.91 Å². The third-order valence-corrected chi connectivity index (χ3v) is 5.67. The summed E-state index contributed by atoms with van der Waals surface area (Å²) in [5.41, 5.74) is 2.00. The molecule has 0 unspecified atom stereocenters. The van der Waals surface area contributed by atoms with Crippen LogP contribution in [0.4, 0.5) is 0 Å². The van der Waals surface area contributed by atoms with E-state index in [2.05, 4.69) is 16.4 Å². The number of ether oxygens (including phenoxy) is 2. The standard InChI is InChI=1S/C20H19ClN2O3S/c21-14-11-13(12-16-20(14)26-10-9-25-16)7-8-22-18(24)5-6-19-23-15-3-1-2-4-17(15)27-19/h1-4,11-12H,5-10H2,(H,22,24). The molecular formula is C20H19ClN2O3S. The zero-order chi connectivity index (χ0) is 18.6. The number of nitrogens with zero attached hydrogens (tertiary/aromatic N) is 1. The summed E-state index contributed by atoms with van der Waals surface area (Å²) in [5, 5.41) is 4.49. The summed E-state index contributed by atoms with van der Waals surface area (Å²) in [6, 6.07) is 11.8. The first kappa shape index (κ1) is 18.1. The van der Waals surface area contributed by atoms with Crippen molar-refractivity contribution in [1.82, 2.24) is 10.3 Å². The molecule has 27 heavy (non-hydrogen) atoms. The van der Waals surface area contributed by atoms with E-state index in [0.717, 1.165) is 20.8 Å². The van der Waals surface area contributed by atoms with Gasteiger partial charge in [-0.25, -0.2) is 4.98 Å². The topological polar surface area (TPSA) is 60.5 Å². The van der Waals surface area contributed by atoms with E-state index in [1.165, 1.54) is 0 Å². The van der Waals surface area contributed by atoms with Gasteiger partial charge in [-0.1, -0.05) is 23.7 Å². The molecule has 0 saturated heterocycles. The van der Waals surface area contributed by atoms with Gasteiger partial charge in [-0.3, -0.25) is 4.79 Å². The van der Waals surface area contributed by atoms with Crippen LogP contribution >= 0.6 is 22.9 Å². The monoisotopic (exact) mass is 402 g/mol. The van der Waals surface area contributed by atoms with Crippen LogP contribution < -0.4 is 14.8 Å². The number of amides is 1. The second kappa shape index (κ2) is 8.15. The molecular weight excluding hydrogens is 384 g/mol. The summed E-state index contributed by atoms with van der Waals surface area (Å²) in [6.07, 6.45) is 1.77. The molecule has 140 valence electrons. The van der Waals surface area contributed by atoms with Gasteiger partial charge in [0, 0.05) is 19.4 Å². The van der Waals surface area contributed by atoms with Crippen molar-refractivity contribution in [2.24, 2.45) is 0 Å². The van der Waals surface area contributed by atoms with Crippen molar-refractivity contribution >= 4 is 39.1 Å². The van der Waals surface area contributed by atoms with Gasteiger partial charge in [-0.05, 0) is 36.2 Å². The van der Waals surface area contributed by atoms with Crippen LogP contribution in [0.2, 0.25) is 5.02 Å². The van der Waals surface area contributed by atoms with Crippen molar-refractivity contribution in [3.8, 4) is 11.5 Å². The average Bonchev–Trinajstić information content (AvgIpc) is 3.09. The summed E-state index contributed by atoms with van der Waals surface area (Å²) >= 11 is 7.88. The van der Waals surface area contributed by atoms with Crippen molar-refractivity contribution in [2.45, 2.75) is 19.3 Å². The van der Waals surface area contributed by atoms with Gasteiger partial charge < -0.3 is 14.8 Å². The fraction of sp³-hybridized carbons (Fsp3) is 0.300. The number of carbonyl (C=O) groups is 1. The number of rotatable bonds is 6. The van der Waals surface area contributed by atoms with E-state index in [1.54, 1.807) is 11.3 Å². The molecule has 1 aliphatic rings. The molecule has 1 aliphatic heterocycles. The number of aryl methyl sites for hydroxylation is 1. The molecule has 2 aromatic carbocycles. The van der Waals surface area contributed by atoms with Crippen LogP contribution in [0.25, 0.3) is 10.2 Å². The Morgan fingerprint density at radius 1 is 1.19 bits per heavy atom. The van der Waals surface area contributed by atoms with Crippen molar-refractivity contribution in [3.05, 3.63) is 52.0 Å². The number of hydrogen-bond acceptors (Lipinski definition) is 5. The highest BCUT2D eigenvalue weighted by Crippen LogP contribution is 2.38. The number of para-hydroxylation sites is 1. The van der Waals surface area contributed by atoms with Crippen LogP contribution in [0.15, 0.2) is 36.4 Å². The van der Waals surface area contributed by atoms with Gasteiger partial charge >= 0.3 is 0 Å². The first-order chi connectivity index (χ1) is 13.2. The van der Waals surface area contributed by atoms with Gasteiger partial charge in [-0.2, -0.15) is 0 Å². The molecule has 0 spiro atoms. The number of halogens is 1. The van der Waals surface area contributed by atoms with E-state index in [-0.39, 0.29) is 5.91 Å². The predicted octanol–water partition coefficient (Wildman–Crippen LogP) is 4.01. The van der Waals surface area contributed by atoms with Gasteiger partial charge in [0.15, 0.2) is 11.5 Å². The molecule has 1 aromatic heterocycles. The van der Waals surface area contributed by atoms with Gasteiger partial charge in [0.05, 0.1) is 20.2 Å². The lowest BCUT2D eigenvalue weighted by molar-refractivity contribution is -0.121. The molecule has 0 bridgehead atoms. The van der Waals surface area contributed by atoms with Gasteiger partial charge in [0.1, 0.15) is 13.2 Å². The molecule has 2 heterocycles. The molecule has 0 aliphatic carbocycles. The minimum Gasteiger partial charge on any atom is -0.486 e. The molecule has 1 amide bonds. The van der Waals surface area contributed by atoms with E-state index in [9.17, 15) is 4.79 Å². The highest BCUT2D eigenvalue weighted by molar-refractivity contribution is 7.18. The van der Waals surface area contributed by atoms with Crippen LogP contribution in [0.1, 0.15) is 17.0 Å². The lowest BCUT2D eigenvalue weighted by Crippen LogP contribution is -2.26. The molecule has 0 fully saturated rings. The second-order valence-electron chi connectivity index (χ2n) is 6.28. The predicted molar refractivity (Wildman–Crippen MR) is 107 cm³/mol.